The van der Waals surface area contributed by atoms with Crippen LogP contribution in [0.3, 0.4) is 0 Å². The summed E-state index contributed by atoms with van der Waals surface area (Å²) in [6, 6.07) is 21.4. The highest BCUT2D eigenvalue weighted by Gasteiger charge is 2.36. The van der Waals surface area contributed by atoms with Crippen molar-refractivity contribution in [1.82, 2.24) is 10.3 Å². The highest BCUT2D eigenvalue weighted by Crippen LogP contribution is 2.31. The van der Waals surface area contributed by atoms with Crippen molar-refractivity contribution in [3.05, 3.63) is 95.3 Å². The van der Waals surface area contributed by atoms with Crippen molar-refractivity contribution in [1.29, 1.82) is 0 Å². The number of fused-ring (bicyclic) bond motifs is 1. The van der Waals surface area contributed by atoms with Crippen LogP contribution in [0.2, 0.25) is 0 Å². The van der Waals surface area contributed by atoms with Gasteiger partial charge in [0.2, 0.25) is 11.8 Å². The van der Waals surface area contributed by atoms with Gasteiger partial charge in [-0.15, -0.1) is 0 Å². The Labute approximate surface area is 182 Å². The first-order valence-corrected chi connectivity index (χ1v) is 10.9. The average Bonchev–Trinajstić information content (AvgIpc) is 3.44. The zero-order valence-electron chi connectivity index (χ0n) is 17.3. The first-order chi connectivity index (χ1) is 15.2. The Morgan fingerprint density at radius 2 is 1.81 bits per heavy atom. The van der Waals surface area contributed by atoms with Gasteiger partial charge < -0.3 is 10.2 Å². The third kappa shape index (κ3) is 3.96. The lowest BCUT2D eigenvalue weighted by Crippen LogP contribution is -2.36. The van der Waals surface area contributed by atoms with Gasteiger partial charge in [-0.3, -0.25) is 14.6 Å². The highest BCUT2D eigenvalue weighted by atomic mass is 16.2. The molecule has 1 aliphatic heterocycles. The van der Waals surface area contributed by atoms with Crippen LogP contribution < -0.4 is 10.2 Å². The first kappa shape index (κ1) is 19.5. The molecule has 31 heavy (non-hydrogen) atoms. The summed E-state index contributed by atoms with van der Waals surface area (Å²) >= 11 is 0. The SMILES string of the molecule is O=C(N[C@H](c1ccccc1)c1ccccn1)[C@H]1CC(=O)N(c2ccc3c(c2)CCC3)C1. The van der Waals surface area contributed by atoms with E-state index >= 15 is 0 Å². The predicted octanol–water partition coefficient (Wildman–Crippen LogP) is 3.83. The lowest BCUT2D eigenvalue weighted by Gasteiger charge is -2.21. The van der Waals surface area contributed by atoms with Crippen molar-refractivity contribution in [2.45, 2.75) is 31.7 Å². The molecule has 1 aliphatic carbocycles. The zero-order valence-corrected chi connectivity index (χ0v) is 17.3. The molecule has 1 fully saturated rings. The summed E-state index contributed by atoms with van der Waals surface area (Å²) in [6.07, 6.45) is 5.31. The van der Waals surface area contributed by atoms with Crippen molar-refractivity contribution >= 4 is 17.5 Å². The number of aryl methyl sites for hydroxylation is 2. The summed E-state index contributed by atoms with van der Waals surface area (Å²) in [5.74, 6) is -0.487. The van der Waals surface area contributed by atoms with Crippen LogP contribution in [-0.4, -0.2) is 23.3 Å². The number of hydrogen-bond acceptors (Lipinski definition) is 3. The van der Waals surface area contributed by atoms with Crippen LogP contribution in [0.25, 0.3) is 0 Å². The van der Waals surface area contributed by atoms with Crippen LogP contribution in [-0.2, 0) is 22.4 Å². The predicted molar refractivity (Wildman–Crippen MR) is 120 cm³/mol. The van der Waals surface area contributed by atoms with Gasteiger partial charge >= 0.3 is 0 Å². The van der Waals surface area contributed by atoms with Gasteiger partial charge in [0.25, 0.3) is 0 Å². The number of aromatic nitrogens is 1. The number of amides is 2. The molecule has 1 saturated heterocycles. The van der Waals surface area contributed by atoms with E-state index < -0.39 is 0 Å². The fourth-order valence-electron chi connectivity index (χ4n) is 4.64. The van der Waals surface area contributed by atoms with Crippen LogP contribution in [0.5, 0.6) is 0 Å². The molecule has 5 rings (SSSR count). The van der Waals surface area contributed by atoms with E-state index in [1.807, 2.05) is 54.6 Å². The van der Waals surface area contributed by atoms with Gasteiger partial charge in [0.1, 0.15) is 0 Å². The number of carbonyl (C=O) groups excluding carboxylic acids is 2. The third-order valence-electron chi connectivity index (χ3n) is 6.29. The molecular weight excluding hydrogens is 386 g/mol. The molecule has 2 heterocycles. The van der Waals surface area contributed by atoms with Crippen molar-refractivity contribution in [2.75, 3.05) is 11.4 Å². The minimum absolute atomic E-state index is 0.00666. The number of carbonyl (C=O) groups is 2. The Kier molecular flexibility index (Phi) is 5.24. The fraction of sp³-hybridized carbons (Fsp3) is 0.269. The molecule has 0 spiro atoms. The van der Waals surface area contributed by atoms with Gasteiger partial charge in [-0.05, 0) is 60.2 Å². The van der Waals surface area contributed by atoms with Crippen molar-refractivity contribution in [2.24, 2.45) is 5.92 Å². The molecule has 0 bridgehead atoms. The molecule has 2 aliphatic rings. The number of pyridine rings is 1. The minimum Gasteiger partial charge on any atom is -0.343 e. The molecule has 2 aromatic carbocycles. The van der Waals surface area contributed by atoms with E-state index in [1.54, 1.807) is 11.1 Å². The van der Waals surface area contributed by atoms with Gasteiger partial charge in [0.15, 0.2) is 0 Å². The normalized spacial score (nSPS) is 18.6. The number of benzene rings is 2. The highest BCUT2D eigenvalue weighted by molar-refractivity contribution is 6.00. The maximum absolute atomic E-state index is 13.2. The van der Waals surface area contributed by atoms with Crippen LogP contribution >= 0.6 is 0 Å². The molecule has 0 radical (unpaired) electrons. The largest absolute Gasteiger partial charge is 0.343 e. The second kappa shape index (κ2) is 8.34. The molecule has 0 saturated carbocycles. The van der Waals surface area contributed by atoms with Gasteiger partial charge in [0, 0.05) is 24.8 Å². The van der Waals surface area contributed by atoms with E-state index in [4.69, 9.17) is 0 Å². The number of hydrogen-bond donors (Lipinski definition) is 1. The molecule has 156 valence electrons. The van der Waals surface area contributed by atoms with Crippen LogP contribution in [0.4, 0.5) is 5.69 Å². The molecule has 1 N–H and O–H groups in total. The van der Waals surface area contributed by atoms with Gasteiger partial charge in [0.05, 0.1) is 17.7 Å². The Hall–Kier alpha value is -3.47. The minimum atomic E-state index is -0.379. The quantitative estimate of drug-likeness (QED) is 0.694. The molecule has 2 amide bonds. The smallest absolute Gasteiger partial charge is 0.227 e. The standard InChI is InChI=1S/C26H25N3O2/c30-24-16-21(17-29(24)22-13-12-18-9-6-10-20(18)15-22)26(31)28-25(19-7-2-1-3-8-19)23-11-4-5-14-27-23/h1-5,7-8,11-15,21,25H,6,9-10,16-17H2,(H,28,31)/t21-,25+/m0/s1. The lowest BCUT2D eigenvalue weighted by molar-refractivity contribution is -0.126. The van der Waals surface area contributed by atoms with E-state index in [1.165, 1.54) is 17.5 Å². The number of anilines is 1. The molecule has 0 unspecified atom stereocenters. The summed E-state index contributed by atoms with van der Waals surface area (Å²) in [4.78, 5) is 32.2. The zero-order chi connectivity index (χ0) is 21.2. The maximum atomic E-state index is 13.2. The summed E-state index contributed by atoms with van der Waals surface area (Å²) in [5.41, 5.74) is 5.37. The van der Waals surface area contributed by atoms with Gasteiger partial charge in [-0.25, -0.2) is 0 Å². The lowest BCUT2D eigenvalue weighted by atomic mass is 10.0. The number of rotatable bonds is 5. The summed E-state index contributed by atoms with van der Waals surface area (Å²) in [7, 11) is 0. The molecule has 5 heteroatoms. The number of nitrogens with one attached hydrogen (secondary N) is 1. The Morgan fingerprint density at radius 3 is 2.61 bits per heavy atom. The van der Waals surface area contributed by atoms with E-state index in [0.29, 0.717) is 6.54 Å². The van der Waals surface area contributed by atoms with Crippen molar-refractivity contribution < 1.29 is 9.59 Å². The summed E-state index contributed by atoms with van der Waals surface area (Å²) in [6.45, 7) is 0.410. The van der Waals surface area contributed by atoms with Gasteiger partial charge in [-0.1, -0.05) is 42.5 Å². The summed E-state index contributed by atoms with van der Waals surface area (Å²) < 4.78 is 0. The molecule has 2 atom stereocenters. The molecule has 3 aromatic rings. The van der Waals surface area contributed by atoms with E-state index in [9.17, 15) is 9.59 Å². The van der Waals surface area contributed by atoms with Gasteiger partial charge in [-0.2, -0.15) is 0 Å². The summed E-state index contributed by atoms with van der Waals surface area (Å²) in [5, 5.41) is 3.15. The molecular formula is C26H25N3O2. The number of nitrogens with zero attached hydrogens (tertiary/aromatic N) is 2. The van der Waals surface area contributed by atoms with Crippen LogP contribution in [0, 0.1) is 5.92 Å². The van der Waals surface area contributed by atoms with Crippen molar-refractivity contribution in [3.8, 4) is 0 Å². The van der Waals surface area contributed by atoms with E-state index in [2.05, 4.69) is 22.4 Å². The first-order valence-electron chi connectivity index (χ1n) is 10.9. The van der Waals surface area contributed by atoms with E-state index in [-0.39, 0.29) is 30.2 Å². The molecule has 1 aromatic heterocycles. The Bertz CT molecular complexity index is 1060. The second-order valence-electron chi connectivity index (χ2n) is 8.32. The third-order valence-corrected chi connectivity index (χ3v) is 6.29. The van der Waals surface area contributed by atoms with Crippen LogP contribution in [0.15, 0.2) is 72.9 Å². The maximum Gasteiger partial charge on any atom is 0.227 e. The second-order valence-corrected chi connectivity index (χ2v) is 8.32. The van der Waals surface area contributed by atoms with E-state index in [0.717, 1.165) is 29.8 Å². The van der Waals surface area contributed by atoms with Crippen LogP contribution in [0.1, 0.15) is 41.3 Å². The van der Waals surface area contributed by atoms with Crippen molar-refractivity contribution in [3.63, 3.8) is 0 Å². The topological polar surface area (TPSA) is 62.3 Å². The average molecular weight is 412 g/mol. The fourth-order valence-corrected chi connectivity index (χ4v) is 4.64. The molecule has 5 nitrogen and oxygen atoms in total. The Balaban J connectivity index is 1.34. The Morgan fingerprint density at radius 1 is 1.00 bits per heavy atom. The monoisotopic (exact) mass is 411 g/mol.